The number of para-hydroxylation sites is 1. The lowest BCUT2D eigenvalue weighted by Crippen LogP contribution is -2.12. The quantitative estimate of drug-likeness (QED) is 0.509. The van der Waals surface area contributed by atoms with Crippen LogP contribution in [-0.2, 0) is 10.0 Å². The first-order valence-electron chi connectivity index (χ1n) is 9.55. The highest BCUT2D eigenvalue weighted by Crippen LogP contribution is 2.33. The summed E-state index contributed by atoms with van der Waals surface area (Å²) in [4.78, 5) is 13.4. The van der Waals surface area contributed by atoms with Gasteiger partial charge in [0.1, 0.15) is 11.3 Å². The third-order valence-electron chi connectivity index (χ3n) is 5.11. The Balaban J connectivity index is 1.98. The highest BCUT2D eigenvalue weighted by atomic mass is 32.2. The standard InChI is InChI=1S/C24H21NO4S/c1-15(2)16-7-9-17(10-8-16)22-23(26)20-5-3-4-6-21(20)29-24(22)18-11-13-19(14-12-18)30(25,27)28/h3-15H,1-2H3,(H2,25,27,28). The summed E-state index contributed by atoms with van der Waals surface area (Å²) in [6.45, 7) is 4.22. The summed E-state index contributed by atoms with van der Waals surface area (Å²) in [5.74, 6) is 0.759. The van der Waals surface area contributed by atoms with Crippen molar-refractivity contribution in [2.75, 3.05) is 0 Å². The van der Waals surface area contributed by atoms with Crippen LogP contribution in [0.25, 0.3) is 33.4 Å². The van der Waals surface area contributed by atoms with Crippen molar-refractivity contribution in [3.63, 3.8) is 0 Å². The van der Waals surface area contributed by atoms with Gasteiger partial charge in [0.05, 0.1) is 15.8 Å². The van der Waals surface area contributed by atoms with Crippen LogP contribution >= 0.6 is 0 Å². The molecule has 1 heterocycles. The van der Waals surface area contributed by atoms with E-state index in [9.17, 15) is 13.2 Å². The Bertz CT molecular complexity index is 1380. The molecule has 0 spiro atoms. The number of hydrogen-bond acceptors (Lipinski definition) is 4. The van der Waals surface area contributed by atoms with E-state index >= 15 is 0 Å². The molecule has 0 fully saturated rings. The second-order valence-corrected chi connectivity index (χ2v) is 9.04. The van der Waals surface area contributed by atoms with Crippen LogP contribution in [0.4, 0.5) is 0 Å². The monoisotopic (exact) mass is 419 g/mol. The number of rotatable bonds is 4. The number of hydrogen-bond donors (Lipinski definition) is 1. The van der Waals surface area contributed by atoms with Gasteiger partial charge < -0.3 is 4.42 Å². The topological polar surface area (TPSA) is 90.4 Å². The summed E-state index contributed by atoms with van der Waals surface area (Å²) in [5.41, 5.74) is 3.27. The zero-order valence-corrected chi connectivity index (χ0v) is 17.4. The second-order valence-electron chi connectivity index (χ2n) is 7.48. The fraction of sp³-hybridized carbons (Fsp3) is 0.125. The Morgan fingerprint density at radius 3 is 2.03 bits per heavy atom. The largest absolute Gasteiger partial charge is 0.455 e. The molecule has 0 unspecified atom stereocenters. The van der Waals surface area contributed by atoms with Crippen molar-refractivity contribution in [3.05, 3.63) is 88.6 Å². The first-order valence-corrected chi connectivity index (χ1v) is 11.1. The van der Waals surface area contributed by atoms with Crippen LogP contribution in [0.5, 0.6) is 0 Å². The second kappa shape index (κ2) is 7.55. The molecule has 152 valence electrons. The van der Waals surface area contributed by atoms with E-state index in [0.717, 1.165) is 5.56 Å². The van der Waals surface area contributed by atoms with Crippen molar-refractivity contribution in [3.8, 4) is 22.5 Å². The van der Waals surface area contributed by atoms with Crippen molar-refractivity contribution in [1.29, 1.82) is 0 Å². The Morgan fingerprint density at radius 1 is 0.833 bits per heavy atom. The lowest BCUT2D eigenvalue weighted by atomic mass is 9.95. The molecule has 30 heavy (non-hydrogen) atoms. The molecule has 0 aliphatic heterocycles. The zero-order valence-electron chi connectivity index (χ0n) is 16.6. The van der Waals surface area contributed by atoms with Gasteiger partial charge >= 0.3 is 0 Å². The van der Waals surface area contributed by atoms with Gasteiger partial charge in [0, 0.05) is 5.56 Å². The van der Waals surface area contributed by atoms with E-state index in [0.29, 0.717) is 33.8 Å². The summed E-state index contributed by atoms with van der Waals surface area (Å²) in [5, 5.41) is 5.69. The van der Waals surface area contributed by atoms with E-state index in [-0.39, 0.29) is 10.3 Å². The molecule has 0 saturated heterocycles. The van der Waals surface area contributed by atoms with E-state index in [1.54, 1.807) is 36.4 Å². The fourth-order valence-electron chi connectivity index (χ4n) is 3.44. The van der Waals surface area contributed by atoms with E-state index in [2.05, 4.69) is 13.8 Å². The van der Waals surface area contributed by atoms with Gasteiger partial charge in [-0.15, -0.1) is 0 Å². The molecule has 0 atom stereocenters. The van der Waals surface area contributed by atoms with Crippen molar-refractivity contribution in [1.82, 2.24) is 0 Å². The Kier molecular flexibility index (Phi) is 5.05. The minimum atomic E-state index is -3.81. The lowest BCUT2D eigenvalue weighted by Gasteiger charge is -2.12. The van der Waals surface area contributed by atoms with Gasteiger partial charge in [0.15, 0.2) is 0 Å². The molecule has 4 rings (SSSR count). The maximum absolute atomic E-state index is 13.4. The molecule has 5 nitrogen and oxygen atoms in total. The minimum Gasteiger partial charge on any atom is -0.455 e. The molecular formula is C24H21NO4S. The van der Waals surface area contributed by atoms with Gasteiger partial charge in [0.2, 0.25) is 15.5 Å². The first kappa shape index (κ1) is 20.1. The predicted octanol–water partition coefficient (Wildman–Crippen LogP) is 4.90. The highest BCUT2D eigenvalue weighted by Gasteiger charge is 2.19. The SMILES string of the molecule is CC(C)c1ccc(-c2c(-c3ccc(S(N)(=O)=O)cc3)oc3ccccc3c2=O)cc1. The molecular weight excluding hydrogens is 398 g/mol. The van der Waals surface area contributed by atoms with Crippen LogP contribution in [0.3, 0.4) is 0 Å². The maximum atomic E-state index is 13.4. The van der Waals surface area contributed by atoms with Crippen molar-refractivity contribution in [2.45, 2.75) is 24.7 Å². The van der Waals surface area contributed by atoms with Gasteiger partial charge in [-0.2, -0.15) is 0 Å². The molecule has 3 aromatic carbocycles. The molecule has 0 radical (unpaired) electrons. The predicted molar refractivity (Wildman–Crippen MR) is 119 cm³/mol. The van der Waals surface area contributed by atoms with Crippen molar-refractivity contribution >= 4 is 21.0 Å². The Morgan fingerprint density at radius 2 is 1.43 bits per heavy atom. The number of sulfonamides is 1. The van der Waals surface area contributed by atoms with E-state index in [1.807, 2.05) is 24.3 Å². The summed E-state index contributed by atoms with van der Waals surface area (Å²) in [7, 11) is -3.81. The molecule has 0 saturated carbocycles. The Hall–Kier alpha value is -3.22. The van der Waals surface area contributed by atoms with Crippen LogP contribution in [0.2, 0.25) is 0 Å². The van der Waals surface area contributed by atoms with Gasteiger partial charge in [-0.3, -0.25) is 4.79 Å². The average Bonchev–Trinajstić information content (AvgIpc) is 2.73. The van der Waals surface area contributed by atoms with Crippen LogP contribution in [0, 0.1) is 0 Å². The molecule has 6 heteroatoms. The normalized spacial score (nSPS) is 11.9. The molecule has 0 aliphatic rings. The third kappa shape index (κ3) is 3.67. The van der Waals surface area contributed by atoms with Gasteiger partial charge in [-0.1, -0.05) is 50.2 Å². The van der Waals surface area contributed by atoms with Gasteiger partial charge in [0.25, 0.3) is 0 Å². The first-order chi connectivity index (χ1) is 14.3. The number of benzene rings is 3. The van der Waals surface area contributed by atoms with Crippen LogP contribution in [-0.4, -0.2) is 8.42 Å². The van der Waals surface area contributed by atoms with E-state index in [1.165, 1.54) is 17.7 Å². The number of nitrogens with two attached hydrogens (primary N) is 1. The average molecular weight is 420 g/mol. The van der Waals surface area contributed by atoms with Crippen LogP contribution in [0.15, 0.2) is 86.9 Å². The van der Waals surface area contributed by atoms with Gasteiger partial charge in [-0.05, 0) is 53.4 Å². The summed E-state index contributed by atoms with van der Waals surface area (Å²) in [6, 6.07) is 20.9. The summed E-state index contributed by atoms with van der Waals surface area (Å²) in [6.07, 6.45) is 0. The van der Waals surface area contributed by atoms with Crippen molar-refractivity contribution < 1.29 is 12.8 Å². The fourth-order valence-corrected chi connectivity index (χ4v) is 3.95. The highest BCUT2D eigenvalue weighted by molar-refractivity contribution is 7.89. The third-order valence-corrected chi connectivity index (χ3v) is 6.04. The maximum Gasteiger partial charge on any atom is 0.238 e. The number of fused-ring (bicyclic) bond motifs is 1. The smallest absolute Gasteiger partial charge is 0.238 e. The summed E-state index contributed by atoms with van der Waals surface area (Å²) >= 11 is 0. The molecule has 0 bridgehead atoms. The number of primary sulfonamides is 1. The van der Waals surface area contributed by atoms with Crippen molar-refractivity contribution in [2.24, 2.45) is 5.14 Å². The Labute approximate surface area is 174 Å². The molecule has 0 aliphatic carbocycles. The van der Waals surface area contributed by atoms with E-state index < -0.39 is 10.0 Å². The molecule has 0 amide bonds. The van der Waals surface area contributed by atoms with Crippen LogP contribution in [0.1, 0.15) is 25.3 Å². The summed E-state index contributed by atoms with van der Waals surface area (Å²) < 4.78 is 29.3. The van der Waals surface area contributed by atoms with E-state index in [4.69, 9.17) is 9.56 Å². The van der Waals surface area contributed by atoms with Gasteiger partial charge in [-0.25, -0.2) is 13.6 Å². The molecule has 4 aromatic rings. The lowest BCUT2D eigenvalue weighted by molar-refractivity contribution is 0.597. The molecule has 2 N–H and O–H groups in total. The minimum absolute atomic E-state index is 0.00257. The molecule has 1 aromatic heterocycles. The zero-order chi connectivity index (χ0) is 21.5. The van der Waals surface area contributed by atoms with Crippen LogP contribution < -0.4 is 10.6 Å².